The summed E-state index contributed by atoms with van der Waals surface area (Å²) in [5.41, 5.74) is 4.16. The van der Waals surface area contributed by atoms with Crippen molar-refractivity contribution in [3.05, 3.63) is 51.2 Å². The molecule has 1 heterocycles. The fourth-order valence-electron chi connectivity index (χ4n) is 1.80. The molecule has 1 N–H and O–H groups in total. The number of hydrogen-bond donors (Lipinski definition) is 1. The molecule has 0 spiro atoms. The lowest BCUT2D eigenvalue weighted by atomic mass is 10.2. The molecule has 0 unspecified atom stereocenters. The van der Waals surface area contributed by atoms with Crippen molar-refractivity contribution in [2.45, 2.75) is 6.92 Å². The maximum Gasteiger partial charge on any atom is 0.335 e. The van der Waals surface area contributed by atoms with Crippen molar-refractivity contribution >= 4 is 17.7 Å². The third-order valence-electron chi connectivity index (χ3n) is 2.80. The first-order valence-electron chi connectivity index (χ1n) is 6.00. The molecule has 8 nitrogen and oxygen atoms in total. The third kappa shape index (κ3) is 3.03. The molecule has 1 aromatic carbocycles. The van der Waals surface area contributed by atoms with Gasteiger partial charge in [0, 0.05) is 7.05 Å². The number of anilines is 1. The first-order chi connectivity index (χ1) is 10.0. The van der Waals surface area contributed by atoms with E-state index in [9.17, 15) is 10.1 Å². The van der Waals surface area contributed by atoms with Gasteiger partial charge in [-0.25, -0.2) is 4.68 Å². The molecule has 0 radical (unpaired) electrons. The zero-order valence-electron chi connectivity index (χ0n) is 11.4. The number of nitrogens with one attached hydrogen (secondary N) is 1. The Labute approximate surface area is 120 Å². The van der Waals surface area contributed by atoms with Crippen LogP contribution < -0.4 is 5.43 Å². The van der Waals surface area contributed by atoms with Crippen LogP contribution in [0.15, 0.2) is 29.4 Å². The van der Waals surface area contributed by atoms with Gasteiger partial charge in [0.15, 0.2) is 0 Å². The highest BCUT2D eigenvalue weighted by Crippen LogP contribution is 2.26. The van der Waals surface area contributed by atoms with Gasteiger partial charge in [0.1, 0.15) is 5.69 Å². The van der Waals surface area contributed by atoms with Gasteiger partial charge in [0.05, 0.1) is 22.8 Å². The Balaban J connectivity index is 2.18. The van der Waals surface area contributed by atoms with E-state index in [2.05, 4.69) is 15.6 Å². The van der Waals surface area contributed by atoms with Gasteiger partial charge in [0.2, 0.25) is 5.82 Å². The van der Waals surface area contributed by atoms with Crippen LogP contribution in [0.1, 0.15) is 16.8 Å². The van der Waals surface area contributed by atoms with Gasteiger partial charge in [-0.2, -0.15) is 15.5 Å². The number of aryl methyl sites for hydroxylation is 2. The summed E-state index contributed by atoms with van der Waals surface area (Å²) in [4.78, 5) is 10.5. The van der Waals surface area contributed by atoms with Crippen LogP contribution in [0.5, 0.6) is 0 Å². The highest BCUT2D eigenvalue weighted by atomic mass is 16.6. The van der Waals surface area contributed by atoms with Crippen LogP contribution in [-0.4, -0.2) is 20.9 Å². The Bertz CT molecular complexity index is 739. The number of nitro groups is 1. The maximum absolute atomic E-state index is 11.0. The van der Waals surface area contributed by atoms with E-state index in [4.69, 9.17) is 5.26 Å². The molecule has 8 heteroatoms. The SMILES string of the molecule is Cc1nn(C)c(NN=Cc2ccc(C#N)cc2)c1[N+](=O)[O-]. The highest BCUT2D eigenvalue weighted by Gasteiger charge is 2.23. The van der Waals surface area contributed by atoms with E-state index in [1.807, 2.05) is 6.07 Å². The molecule has 21 heavy (non-hydrogen) atoms. The van der Waals surface area contributed by atoms with Gasteiger partial charge in [-0.1, -0.05) is 12.1 Å². The summed E-state index contributed by atoms with van der Waals surface area (Å²) in [6.45, 7) is 1.56. The number of benzene rings is 1. The molecule has 0 fully saturated rings. The Hall–Kier alpha value is -3.21. The summed E-state index contributed by atoms with van der Waals surface area (Å²) >= 11 is 0. The Morgan fingerprint density at radius 3 is 2.71 bits per heavy atom. The van der Waals surface area contributed by atoms with E-state index in [-0.39, 0.29) is 11.5 Å². The number of hydrogen-bond acceptors (Lipinski definition) is 6. The minimum Gasteiger partial charge on any atom is -0.258 e. The van der Waals surface area contributed by atoms with Crippen LogP contribution in [-0.2, 0) is 7.05 Å². The van der Waals surface area contributed by atoms with Crippen molar-refractivity contribution in [3.8, 4) is 6.07 Å². The van der Waals surface area contributed by atoms with E-state index >= 15 is 0 Å². The van der Waals surface area contributed by atoms with Crippen LogP contribution in [0.3, 0.4) is 0 Å². The quantitative estimate of drug-likeness (QED) is 0.524. The van der Waals surface area contributed by atoms with Gasteiger partial charge in [-0.05, 0) is 24.6 Å². The minimum atomic E-state index is -0.498. The second-order valence-corrected chi connectivity index (χ2v) is 4.27. The number of nitriles is 1. The molecule has 0 amide bonds. The summed E-state index contributed by atoms with van der Waals surface area (Å²) in [5.74, 6) is 0.211. The topological polar surface area (TPSA) is 109 Å². The molecule has 0 saturated heterocycles. The predicted octanol–water partition coefficient (Wildman–Crippen LogP) is 1.95. The number of nitrogens with zero attached hydrogens (tertiary/aromatic N) is 5. The second kappa shape index (κ2) is 5.83. The van der Waals surface area contributed by atoms with Crippen LogP contribution in [0, 0.1) is 28.4 Å². The van der Waals surface area contributed by atoms with Crippen molar-refractivity contribution in [2.24, 2.45) is 12.1 Å². The average molecular weight is 284 g/mol. The summed E-state index contributed by atoms with van der Waals surface area (Å²) in [7, 11) is 1.60. The normalized spacial score (nSPS) is 10.5. The number of rotatable bonds is 4. The van der Waals surface area contributed by atoms with Crippen LogP contribution in [0.25, 0.3) is 0 Å². The number of aromatic nitrogens is 2. The molecule has 0 atom stereocenters. The molecular weight excluding hydrogens is 272 g/mol. The van der Waals surface area contributed by atoms with Gasteiger partial charge in [-0.3, -0.25) is 15.5 Å². The maximum atomic E-state index is 11.0. The summed E-state index contributed by atoms with van der Waals surface area (Å²) in [6.07, 6.45) is 1.51. The fraction of sp³-hybridized carbons (Fsp3) is 0.154. The summed E-state index contributed by atoms with van der Waals surface area (Å²) in [6, 6.07) is 8.81. The third-order valence-corrected chi connectivity index (χ3v) is 2.80. The van der Waals surface area contributed by atoms with Gasteiger partial charge in [-0.15, -0.1) is 0 Å². The van der Waals surface area contributed by atoms with E-state index in [1.165, 1.54) is 10.9 Å². The zero-order valence-corrected chi connectivity index (χ0v) is 11.4. The van der Waals surface area contributed by atoms with E-state index < -0.39 is 4.92 Å². The molecule has 0 aliphatic carbocycles. The molecule has 106 valence electrons. The molecule has 0 aliphatic heterocycles. The van der Waals surface area contributed by atoms with Crippen LogP contribution >= 0.6 is 0 Å². The van der Waals surface area contributed by atoms with Gasteiger partial charge in [0.25, 0.3) is 0 Å². The largest absolute Gasteiger partial charge is 0.335 e. The lowest BCUT2D eigenvalue weighted by molar-refractivity contribution is -0.384. The monoisotopic (exact) mass is 284 g/mol. The standard InChI is InChI=1S/C13H12N6O2/c1-9-12(19(20)21)13(18(2)17-9)16-15-8-11-5-3-10(7-14)4-6-11/h3-6,8,16H,1-2H3. The summed E-state index contributed by atoms with van der Waals surface area (Å²) < 4.78 is 1.36. The second-order valence-electron chi connectivity index (χ2n) is 4.27. The first kappa shape index (κ1) is 14.2. The van der Waals surface area contributed by atoms with E-state index in [1.54, 1.807) is 38.2 Å². The van der Waals surface area contributed by atoms with Crippen molar-refractivity contribution in [1.82, 2.24) is 9.78 Å². The summed E-state index contributed by atoms with van der Waals surface area (Å²) in [5, 5.41) is 27.6. The first-order valence-corrected chi connectivity index (χ1v) is 6.00. The van der Waals surface area contributed by atoms with Crippen LogP contribution in [0.2, 0.25) is 0 Å². The number of hydrazone groups is 1. The predicted molar refractivity (Wildman–Crippen MR) is 77.0 cm³/mol. The molecule has 0 bridgehead atoms. The lowest BCUT2D eigenvalue weighted by Crippen LogP contribution is -2.01. The van der Waals surface area contributed by atoms with E-state index in [0.717, 1.165) is 5.56 Å². The molecule has 0 aliphatic rings. The average Bonchev–Trinajstić information content (AvgIpc) is 2.74. The molecule has 0 saturated carbocycles. The van der Waals surface area contributed by atoms with Crippen molar-refractivity contribution in [1.29, 1.82) is 5.26 Å². The molecular formula is C13H12N6O2. The highest BCUT2D eigenvalue weighted by molar-refractivity contribution is 5.80. The van der Waals surface area contributed by atoms with Crippen molar-refractivity contribution in [3.63, 3.8) is 0 Å². The lowest BCUT2D eigenvalue weighted by Gasteiger charge is -1.99. The zero-order chi connectivity index (χ0) is 15.4. The fourth-order valence-corrected chi connectivity index (χ4v) is 1.80. The van der Waals surface area contributed by atoms with E-state index in [0.29, 0.717) is 11.3 Å². The molecule has 2 aromatic rings. The van der Waals surface area contributed by atoms with Crippen molar-refractivity contribution in [2.75, 3.05) is 5.43 Å². The Kier molecular flexibility index (Phi) is 3.95. The van der Waals surface area contributed by atoms with Gasteiger partial charge < -0.3 is 0 Å². The van der Waals surface area contributed by atoms with Crippen molar-refractivity contribution < 1.29 is 4.92 Å². The smallest absolute Gasteiger partial charge is 0.258 e. The Morgan fingerprint density at radius 2 is 2.14 bits per heavy atom. The minimum absolute atomic E-state index is 0.102. The molecule has 1 aromatic heterocycles. The Morgan fingerprint density at radius 1 is 1.48 bits per heavy atom. The molecule has 2 rings (SSSR count). The van der Waals surface area contributed by atoms with Crippen LogP contribution in [0.4, 0.5) is 11.5 Å². The van der Waals surface area contributed by atoms with Gasteiger partial charge >= 0.3 is 5.69 Å².